The molecule has 2 aliphatic rings. The van der Waals surface area contributed by atoms with Crippen LogP contribution in [0.2, 0.25) is 0 Å². The molecule has 0 bridgehead atoms. The third-order valence-corrected chi connectivity index (χ3v) is 4.81. The van der Waals surface area contributed by atoms with Crippen LogP contribution in [0.15, 0.2) is 18.2 Å². The second-order valence-corrected chi connectivity index (χ2v) is 6.27. The first kappa shape index (κ1) is 10.4. The van der Waals surface area contributed by atoms with Crippen molar-refractivity contribution in [3.63, 3.8) is 0 Å². The van der Waals surface area contributed by atoms with Gasteiger partial charge >= 0.3 is 0 Å². The molecule has 0 saturated heterocycles. The van der Waals surface area contributed by atoms with Gasteiger partial charge in [-0.15, -0.1) is 0 Å². The maximum atomic E-state index is 2.46. The van der Waals surface area contributed by atoms with Crippen LogP contribution >= 0.6 is 0 Å². The van der Waals surface area contributed by atoms with Gasteiger partial charge in [0.15, 0.2) is 0 Å². The van der Waals surface area contributed by atoms with Crippen molar-refractivity contribution >= 4 is 0 Å². The van der Waals surface area contributed by atoms with Crippen LogP contribution in [0.25, 0.3) is 0 Å². The Morgan fingerprint density at radius 3 is 2.75 bits per heavy atom. The Labute approximate surface area is 99.1 Å². The molecule has 2 aliphatic carbocycles. The lowest BCUT2D eigenvalue weighted by Crippen LogP contribution is -2.16. The highest BCUT2D eigenvalue weighted by molar-refractivity contribution is 5.41. The molecule has 0 nitrogen and oxygen atoms in total. The topological polar surface area (TPSA) is 0 Å². The average molecular weight is 214 g/mol. The van der Waals surface area contributed by atoms with E-state index in [4.69, 9.17) is 0 Å². The molecule has 1 unspecified atom stereocenters. The molecule has 0 N–H and O–H groups in total. The van der Waals surface area contributed by atoms with Crippen LogP contribution in [0.4, 0.5) is 0 Å². The van der Waals surface area contributed by atoms with E-state index in [1.165, 1.54) is 38.5 Å². The number of hydrogen-bond acceptors (Lipinski definition) is 0. The van der Waals surface area contributed by atoms with Crippen molar-refractivity contribution in [1.29, 1.82) is 0 Å². The molecule has 0 heterocycles. The predicted octanol–water partition coefficient (Wildman–Crippen LogP) is 4.47. The summed E-state index contributed by atoms with van der Waals surface area (Å²) in [6.07, 6.45) is 8.25. The summed E-state index contributed by atoms with van der Waals surface area (Å²) in [4.78, 5) is 0. The Balaban J connectivity index is 2.04. The summed E-state index contributed by atoms with van der Waals surface area (Å²) in [5, 5.41) is 0. The molecule has 1 aromatic rings. The molecular formula is C16H22. The number of benzene rings is 1. The Morgan fingerprint density at radius 2 is 2.00 bits per heavy atom. The maximum Gasteiger partial charge on any atom is -0.0108 e. The van der Waals surface area contributed by atoms with Gasteiger partial charge in [0.25, 0.3) is 0 Å². The second-order valence-electron chi connectivity index (χ2n) is 6.27. The molecule has 0 aromatic heterocycles. The van der Waals surface area contributed by atoms with Gasteiger partial charge in [0, 0.05) is 0 Å². The highest BCUT2D eigenvalue weighted by Gasteiger charge is 2.37. The highest BCUT2D eigenvalue weighted by atomic mass is 14.4. The Kier molecular flexibility index (Phi) is 2.34. The number of hydrogen-bond donors (Lipinski definition) is 0. The van der Waals surface area contributed by atoms with Crippen LogP contribution in [0.5, 0.6) is 0 Å². The molecule has 1 aromatic carbocycles. The van der Waals surface area contributed by atoms with Gasteiger partial charge in [-0.3, -0.25) is 0 Å². The minimum atomic E-state index is 0.526. The molecular weight excluding hydrogens is 192 g/mol. The first-order valence-electron chi connectivity index (χ1n) is 6.79. The third kappa shape index (κ3) is 1.50. The minimum Gasteiger partial charge on any atom is -0.0617 e. The maximum absolute atomic E-state index is 2.46. The monoisotopic (exact) mass is 214 g/mol. The average Bonchev–Trinajstić information content (AvgIpc) is 2.83. The van der Waals surface area contributed by atoms with E-state index in [-0.39, 0.29) is 0 Å². The lowest BCUT2D eigenvalue weighted by molar-refractivity contribution is 0.331. The summed E-state index contributed by atoms with van der Waals surface area (Å²) in [5.41, 5.74) is 5.57. The van der Waals surface area contributed by atoms with Gasteiger partial charge in [-0.05, 0) is 60.1 Å². The molecule has 1 saturated carbocycles. The molecule has 0 radical (unpaired) electrons. The fourth-order valence-corrected chi connectivity index (χ4v) is 3.88. The standard InChI is InChI=1S/C16H22/c1-16(2)11-5-10-15(16)14-9-4-7-12-6-3-8-13(12)14/h4,7,9,15H,3,5-6,8,10-11H2,1-2H3. The van der Waals surface area contributed by atoms with E-state index >= 15 is 0 Å². The van der Waals surface area contributed by atoms with Crippen molar-refractivity contribution in [3.8, 4) is 0 Å². The summed E-state index contributed by atoms with van der Waals surface area (Å²) < 4.78 is 0. The van der Waals surface area contributed by atoms with E-state index in [0.29, 0.717) is 5.41 Å². The molecule has 16 heavy (non-hydrogen) atoms. The normalized spacial score (nSPS) is 27.0. The van der Waals surface area contributed by atoms with Gasteiger partial charge in [-0.2, -0.15) is 0 Å². The van der Waals surface area contributed by atoms with E-state index in [0.717, 1.165) is 5.92 Å². The van der Waals surface area contributed by atoms with E-state index in [1.54, 1.807) is 16.7 Å². The molecule has 0 amide bonds. The number of fused-ring (bicyclic) bond motifs is 1. The fraction of sp³-hybridized carbons (Fsp3) is 0.625. The molecule has 1 atom stereocenters. The van der Waals surface area contributed by atoms with Crippen molar-refractivity contribution < 1.29 is 0 Å². The first-order valence-corrected chi connectivity index (χ1v) is 6.79. The van der Waals surface area contributed by atoms with Crippen LogP contribution in [0, 0.1) is 5.41 Å². The van der Waals surface area contributed by atoms with Crippen LogP contribution in [-0.2, 0) is 12.8 Å². The smallest absolute Gasteiger partial charge is 0.0108 e. The Bertz CT molecular complexity index is 400. The van der Waals surface area contributed by atoms with Gasteiger partial charge in [0.05, 0.1) is 0 Å². The van der Waals surface area contributed by atoms with E-state index in [1.807, 2.05) is 0 Å². The lowest BCUT2D eigenvalue weighted by Gasteiger charge is -2.29. The summed E-state index contributed by atoms with van der Waals surface area (Å²) >= 11 is 0. The predicted molar refractivity (Wildman–Crippen MR) is 68.8 cm³/mol. The van der Waals surface area contributed by atoms with E-state index < -0.39 is 0 Å². The lowest BCUT2D eigenvalue weighted by atomic mass is 9.76. The first-order chi connectivity index (χ1) is 7.68. The third-order valence-electron chi connectivity index (χ3n) is 4.81. The van der Waals surface area contributed by atoms with Gasteiger partial charge in [-0.1, -0.05) is 38.5 Å². The van der Waals surface area contributed by atoms with Crippen molar-refractivity contribution in [1.82, 2.24) is 0 Å². The van der Waals surface area contributed by atoms with Crippen LogP contribution < -0.4 is 0 Å². The van der Waals surface area contributed by atoms with Crippen molar-refractivity contribution in [2.75, 3.05) is 0 Å². The van der Waals surface area contributed by atoms with Crippen LogP contribution in [0.1, 0.15) is 62.1 Å². The van der Waals surface area contributed by atoms with Crippen molar-refractivity contribution in [3.05, 3.63) is 34.9 Å². The summed E-state index contributed by atoms with van der Waals surface area (Å²) in [6, 6.07) is 7.03. The zero-order valence-corrected chi connectivity index (χ0v) is 10.6. The number of aryl methyl sites for hydroxylation is 1. The summed E-state index contributed by atoms with van der Waals surface area (Å²) in [7, 11) is 0. The molecule has 0 spiro atoms. The SMILES string of the molecule is CC1(C)CCCC1c1cccc2c1CCC2. The van der Waals surface area contributed by atoms with Crippen LogP contribution in [0.3, 0.4) is 0 Å². The minimum absolute atomic E-state index is 0.526. The van der Waals surface area contributed by atoms with Crippen molar-refractivity contribution in [2.24, 2.45) is 5.41 Å². The van der Waals surface area contributed by atoms with Gasteiger partial charge < -0.3 is 0 Å². The zero-order chi connectivity index (χ0) is 11.2. The Morgan fingerprint density at radius 1 is 1.12 bits per heavy atom. The largest absolute Gasteiger partial charge is 0.0617 e. The summed E-state index contributed by atoms with van der Waals surface area (Å²) in [5.74, 6) is 0.820. The van der Waals surface area contributed by atoms with E-state index in [9.17, 15) is 0 Å². The van der Waals surface area contributed by atoms with Gasteiger partial charge in [-0.25, -0.2) is 0 Å². The van der Waals surface area contributed by atoms with Crippen LogP contribution in [-0.4, -0.2) is 0 Å². The van der Waals surface area contributed by atoms with Crippen molar-refractivity contribution in [2.45, 2.75) is 58.3 Å². The molecule has 86 valence electrons. The van der Waals surface area contributed by atoms with Gasteiger partial charge in [0.2, 0.25) is 0 Å². The second kappa shape index (κ2) is 3.61. The molecule has 3 rings (SSSR count). The molecule has 1 fully saturated rings. The van der Waals surface area contributed by atoms with Gasteiger partial charge in [0.1, 0.15) is 0 Å². The highest BCUT2D eigenvalue weighted by Crippen LogP contribution is 2.50. The number of rotatable bonds is 1. The Hall–Kier alpha value is -0.780. The van der Waals surface area contributed by atoms with E-state index in [2.05, 4.69) is 32.0 Å². The quantitative estimate of drug-likeness (QED) is 0.647. The molecule has 0 heteroatoms. The molecule has 0 aliphatic heterocycles. The summed E-state index contributed by atoms with van der Waals surface area (Å²) in [6.45, 7) is 4.91. The fourth-order valence-electron chi connectivity index (χ4n) is 3.88. The zero-order valence-electron chi connectivity index (χ0n) is 10.6.